The first kappa shape index (κ1) is 12.5. The molecule has 0 saturated heterocycles. The summed E-state index contributed by atoms with van der Waals surface area (Å²) in [5, 5.41) is 19.7. The predicted octanol–water partition coefficient (Wildman–Crippen LogP) is 2.28. The molecule has 1 aliphatic carbocycles. The minimum absolute atomic E-state index is 0.0698. The van der Waals surface area contributed by atoms with Gasteiger partial charge in [0.05, 0.1) is 11.0 Å². The summed E-state index contributed by atoms with van der Waals surface area (Å²) < 4.78 is 0. The summed E-state index contributed by atoms with van der Waals surface area (Å²) in [4.78, 5) is 11.4. The highest BCUT2D eigenvalue weighted by Crippen LogP contribution is 2.58. The number of hydrogen-bond donors (Lipinski definition) is 2. The van der Waals surface area contributed by atoms with E-state index in [-0.39, 0.29) is 11.3 Å². The molecule has 0 aliphatic heterocycles. The maximum absolute atomic E-state index is 11.4. The van der Waals surface area contributed by atoms with E-state index in [4.69, 9.17) is 0 Å². The highest BCUT2D eigenvalue weighted by atomic mass is 16.4. The number of carboxylic acids is 1. The molecule has 0 aromatic heterocycles. The number of carbonyl (C=O) groups is 1. The summed E-state index contributed by atoms with van der Waals surface area (Å²) >= 11 is 0. The lowest BCUT2D eigenvalue weighted by Gasteiger charge is -2.58. The van der Waals surface area contributed by atoms with Crippen molar-refractivity contribution in [2.75, 3.05) is 0 Å². The molecule has 2 N–H and O–H groups in total. The number of carboxylic acid groups (broad SMARTS) is 1. The van der Waals surface area contributed by atoms with Gasteiger partial charge < -0.3 is 10.2 Å². The van der Waals surface area contributed by atoms with E-state index >= 15 is 0 Å². The summed E-state index contributed by atoms with van der Waals surface area (Å²) in [6.07, 6.45) is 1.14. The SMILES string of the molecule is CC(C)C(C)(C(=O)O)C1(O)CC(C)(C)C1. The zero-order valence-corrected chi connectivity index (χ0v) is 10.3. The Morgan fingerprint density at radius 3 is 1.93 bits per heavy atom. The Kier molecular flexibility index (Phi) is 2.67. The van der Waals surface area contributed by atoms with E-state index in [1.54, 1.807) is 6.92 Å². The van der Waals surface area contributed by atoms with E-state index in [2.05, 4.69) is 13.8 Å². The van der Waals surface area contributed by atoms with Crippen molar-refractivity contribution >= 4 is 5.97 Å². The van der Waals surface area contributed by atoms with Crippen LogP contribution >= 0.6 is 0 Å². The minimum atomic E-state index is -1.05. The molecule has 0 bridgehead atoms. The highest BCUT2D eigenvalue weighted by molar-refractivity contribution is 5.76. The fourth-order valence-corrected chi connectivity index (χ4v) is 2.88. The van der Waals surface area contributed by atoms with Gasteiger partial charge in [-0.15, -0.1) is 0 Å². The van der Waals surface area contributed by atoms with Crippen molar-refractivity contribution < 1.29 is 15.0 Å². The Bertz CT molecular complexity index is 273. The molecule has 1 unspecified atom stereocenters. The second kappa shape index (κ2) is 3.21. The molecule has 0 aromatic rings. The Morgan fingerprint density at radius 1 is 1.33 bits per heavy atom. The second-order valence-corrected chi connectivity index (χ2v) is 6.21. The average Bonchev–Trinajstić information content (AvgIpc) is 1.97. The van der Waals surface area contributed by atoms with Gasteiger partial charge in [0.15, 0.2) is 0 Å². The summed E-state index contributed by atoms with van der Waals surface area (Å²) in [5.74, 6) is -0.966. The van der Waals surface area contributed by atoms with Gasteiger partial charge in [0.2, 0.25) is 0 Å². The quantitative estimate of drug-likeness (QED) is 0.757. The maximum Gasteiger partial charge on any atom is 0.312 e. The average molecular weight is 214 g/mol. The van der Waals surface area contributed by atoms with Gasteiger partial charge in [-0.1, -0.05) is 27.7 Å². The Morgan fingerprint density at radius 2 is 1.73 bits per heavy atom. The highest BCUT2D eigenvalue weighted by Gasteiger charge is 2.62. The van der Waals surface area contributed by atoms with Gasteiger partial charge in [0, 0.05) is 0 Å². The number of rotatable bonds is 3. The van der Waals surface area contributed by atoms with Gasteiger partial charge >= 0.3 is 5.97 Å². The molecule has 1 rings (SSSR count). The fourth-order valence-electron chi connectivity index (χ4n) is 2.88. The van der Waals surface area contributed by atoms with Crippen LogP contribution in [0.2, 0.25) is 0 Å². The van der Waals surface area contributed by atoms with Crippen molar-refractivity contribution in [3.63, 3.8) is 0 Å². The monoisotopic (exact) mass is 214 g/mol. The van der Waals surface area contributed by atoms with Crippen LogP contribution in [-0.4, -0.2) is 21.8 Å². The van der Waals surface area contributed by atoms with Crippen LogP contribution in [0.25, 0.3) is 0 Å². The van der Waals surface area contributed by atoms with Crippen molar-refractivity contribution in [3.8, 4) is 0 Å². The molecule has 1 aliphatic rings. The largest absolute Gasteiger partial charge is 0.481 e. The van der Waals surface area contributed by atoms with Gasteiger partial charge in [-0.25, -0.2) is 0 Å². The second-order valence-electron chi connectivity index (χ2n) is 6.21. The number of hydrogen-bond acceptors (Lipinski definition) is 2. The van der Waals surface area contributed by atoms with Crippen molar-refractivity contribution in [3.05, 3.63) is 0 Å². The van der Waals surface area contributed by atoms with Crippen LogP contribution in [0, 0.1) is 16.7 Å². The van der Waals surface area contributed by atoms with Crippen LogP contribution in [-0.2, 0) is 4.79 Å². The molecule has 1 saturated carbocycles. The summed E-state index contributed by atoms with van der Waals surface area (Å²) in [6.45, 7) is 9.50. The lowest BCUT2D eigenvalue weighted by molar-refractivity contribution is -0.216. The molecule has 15 heavy (non-hydrogen) atoms. The molecule has 3 nitrogen and oxygen atoms in total. The van der Waals surface area contributed by atoms with Gasteiger partial charge in [0.1, 0.15) is 0 Å². The third-order valence-electron chi connectivity index (χ3n) is 4.11. The molecule has 0 aromatic carbocycles. The molecule has 0 heterocycles. The smallest absolute Gasteiger partial charge is 0.312 e. The number of aliphatic hydroxyl groups is 1. The van der Waals surface area contributed by atoms with Crippen LogP contribution in [0.1, 0.15) is 47.5 Å². The molecule has 3 heteroatoms. The van der Waals surface area contributed by atoms with E-state index in [1.807, 2.05) is 13.8 Å². The maximum atomic E-state index is 11.4. The lowest BCUT2D eigenvalue weighted by Crippen LogP contribution is -2.63. The Balaban J connectivity index is 2.99. The van der Waals surface area contributed by atoms with Gasteiger partial charge in [0.25, 0.3) is 0 Å². The first-order valence-electron chi connectivity index (χ1n) is 5.51. The van der Waals surface area contributed by atoms with Crippen molar-refractivity contribution in [2.24, 2.45) is 16.7 Å². The Hall–Kier alpha value is -0.570. The predicted molar refractivity (Wildman–Crippen MR) is 58.5 cm³/mol. The first-order valence-corrected chi connectivity index (χ1v) is 5.51. The van der Waals surface area contributed by atoms with Crippen LogP contribution in [0.4, 0.5) is 0 Å². The molecule has 0 radical (unpaired) electrons. The lowest BCUT2D eigenvalue weighted by atomic mass is 9.49. The molecule has 88 valence electrons. The van der Waals surface area contributed by atoms with E-state index in [1.165, 1.54) is 0 Å². The van der Waals surface area contributed by atoms with Gasteiger partial charge in [-0.2, -0.15) is 0 Å². The minimum Gasteiger partial charge on any atom is -0.481 e. The van der Waals surface area contributed by atoms with Crippen LogP contribution in [0.15, 0.2) is 0 Å². The number of aliphatic carboxylic acids is 1. The molecule has 0 spiro atoms. The fraction of sp³-hybridized carbons (Fsp3) is 0.917. The zero-order valence-electron chi connectivity index (χ0n) is 10.3. The van der Waals surface area contributed by atoms with Crippen LogP contribution in [0.5, 0.6) is 0 Å². The van der Waals surface area contributed by atoms with E-state index in [9.17, 15) is 15.0 Å². The normalized spacial score (nSPS) is 26.9. The third-order valence-corrected chi connectivity index (χ3v) is 4.11. The van der Waals surface area contributed by atoms with Crippen molar-refractivity contribution in [2.45, 2.75) is 53.1 Å². The zero-order chi connectivity index (χ0) is 12.1. The van der Waals surface area contributed by atoms with Crippen molar-refractivity contribution in [1.82, 2.24) is 0 Å². The molecular weight excluding hydrogens is 192 g/mol. The van der Waals surface area contributed by atoms with Crippen LogP contribution < -0.4 is 0 Å². The van der Waals surface area contributed by atoms with Gasteiger partial charge in [-0.3, -0.25) is 4.79 Å². The first-order chi connectivity index (χ1) is 6.55. The Labute approximate surface area is 91.5 Å². The molecular formula is C12H22O3. The third kappa shape index (κ3) is 1.67. The summed E-state index contributed by atoms with van der Waals surface area (Å²) in [5.41, 5.74) is -2.01. The summed E-state index contributed by atoms with van der Waals surface area (Å²) in [6, 6.07) is 0. The summed E-state index contributed by atoms with van der Waals surface area (Å²) in [7, 11) is 0. The van der Waals surface area contributed by atoms with E-state index in [0.717, 1.165) is 0 Å². The molecule has 0 amide bonds. The topological polar surface area (TPSA) is 57.5 Å². The molecule has 1 fully saturated rings. The van der Waals surface area contributed by atoms with Crippen molar-refractivity contribution in [1.29, 1.82) is 0 Å². The van der Waals surface area contributed by atoms with E-state index in [0.29, 0.717) is 12.8 Å². The van der Waals surface area contributed by atoms with Crippen LogP contribution in [0.3, 0.4) is 0 Å². The molecule has 1 atom stereocenters. The standard InChI is InChI=1S/C12H22O3/c1-8(2)11(5,9(13)14)12(15)6-10(3,4)7-12/h8,15H,6-7H2,1-5H3,(H,13,14). The van der Waals surface area contributed by atoms with Gasteiger partial charge in [-0.05, 0) is 31.1 Å². The van der Waals surface area contributed by atoms with E-state index < -0.39 is 17.0 Å².